The Labute approximate surface area is 73.5 Å². The summed E-state index contributed by atoms with van der Waals surface area (Å²) in [6.07, 6.45) is 2.51. The third kappa shape index (κ3) is 7.56. The molecule has 2 N–H and O–H groups in total. The molecule has 4 nitrogen and oxygen atoms in total. The van der Waals surface area contributed by atoms with E-state index in [1.807, 2.05) is 12.8 Å². The van der Waals surface area contributed by atoms with Gasteiger partial charge in [0.1, 0.15) is 7.28 Å². The van der Waals surface area contributed by atoms with Crippen molar-refractivity contribution in [3.8, 4) is 0 Å². The van der Waals surface area contributed by atoms with Gasteiger partial charge in [0.25, 0.3) is 0 Å². The molecule has 0 saturated carbocycles. The van der Waals surface area contributed by atoms with Gasteiger partial charge in [-0.05, 0) is 19.8 Å². The molecule has 0 rings (SSSR count). The van der Waals surface area contributed by atoms with Gasteiger partial charge < -0.3 is 9.94 Å². The third-order valence-electron chi connectivity index (χ3n) is 1.33. The number of hydrogen-bond acceptors (Lipinski definition) is 4. The van der Waals surface area contributed by atoms with Crippen LogP contribution in [0.25, 0.3) is 0 Å². The molecule has 0 aromatic heterocycles. The van der Waals surface area contributed by atoms with E-state index in [1.54, 1.807) is 6.92 Å². The fourth-order valence-corrected chi connectivity index (χ4v) is 0.791. The first-order valence-corrected chi connectivity index (χ1v) is 4.15. The minimum Gasteiger partial charge on any atom is -0.466 e. The molecule has 0 saturated heterocycles. The van der Waals surface area contributed by atoms with Crippen LogP contribution in [0.5, 0.6) is 0 Å². The monoisotopic (exact) mass is 172 g/mol. The number of carbonyl (C=O) groups is 1. The normalized spacial score (nSPS) is 9.50. The molecule has 0 amide bonds. The summed E-state index contributed by atoms with van der Waals surface area (Å²) in [5.74, 6) is -0.150. The van der Waals surface area contributed by atoms with Crippen LogP contribution in [-0.4, -0.2) is 31.5 Å². The number of esters is 1. The molecule has 0 aromatic rings. The van der Waals surface area contributed by atoms with Crippen LogP contribution in [0.4, 0.5) is 0 Å². The molecule has 0 atom stereocenters. The lowest BCUT2D eigenvalue weighted by atomic mass is 9.73. The zero-order valence-corrected chi connectivity index (χ0v) is 7.38. The summed E-state index contributed by atoms with van der Waals surface area (Å²) in [6, 6.07) is 0. The third-order valence-corrected chi connectivity index (χ3v) is 1.33. The molecule has 5 heteroatoms. The van der Waals surface area contributed by atoms with Gasteiger partial charge in [0.15, 0.2) is 0 Å². The second-order valence-corrected chi connectivity index (χ2v) is 2.35. The lowest BCUT2D eigenvalue weighted by molar-refractivity contribution is -0.143. The smallest absolute Gasteiger partial charge is 0.305 e. The summed E-state index contributed by atoms with van der Waals surface area (Å²) < 4.78 is 4.73. The highest BCUT2D eigenvalue weighted by atomic mass is 16.5. The van der Waals surface area contributed by atoms with Gasteiger partial charge in [-0.2, -0.15) is 0 Å². The quantitative estimate of drug-likeness (QED) is 0.252. The van der Waals surface area contributed by atoms with Gasteiger partial charge in [-0.1, -0.05) is 6.32 Å². The number of nitrogens with one attached hydrogen (secondary N) is 1. The van der Waals surface area contributed by atoms with E-state index in [0.29, 0.717) is 19.5 Å². The van der Waals surface area contributed by atoms with Crippen molar-refractivity contribution in [3.05, 3.63) is 0 Å². The van der Waals surface area contributed by atoms with Crippen molar-refractivity contribution >= 4 is 13.2 Å². The van der Waals surface area contributed by atoms with Crippen LogP contribution >= 0.6 is 0 Å². The zero-order valence-electron chi connectivity index (χ0n) is 7.38. The first-order valence-electron chi connectivity index (χ1n) is 4.15. The molecule has 0 heterocycles. The van der Waals surface area contributed by atoms with Crippen molar-refractivity contribution in [2.24, 2.45) is 0 Å². The summed E-state index contributed by atoms with van der Waals surface area (Å²) in [6.45, 7) is 2.24. The molecule has 0 aromatic carbocycles. The highest BCUT2D eigenvalue weighted by Gasteiger charge is 2.00. The molecule has 0 fully saturated rings. The SMILES string of the molecule is CCOC(=O)CCC[B]CNO. The lowest BCUT2D eigenvalue weighted by Crippen LogP contribution is -2.15. The van der Waals surface area contributed by atoms with Crippen LogP contribution in [0, 0.1) is 0 Å². The van der Waals surface area contributed by atoms with Crippen LogP contribution in [-0.2, 0) is 9.53 Å². The Morgan fingerprint density at radius 3 is 3.00 bits per heavy atom. The molecule has 1 radical (unpaired) electrons. The van der Waals surface area contributed by atoms with Gasteiger partial charge in [-0.25, -0.2) is 5.48 Å². The molecule has 69 valence electrons. The van der Waals surface area contributed by atoms with E-state index in [9.17, 15) is 4.79 Å². The van der Waals surface area contributed by atoms with Crippen LogP contribution in [0.3, 0.4) is 0 Å². The van der Waals surface area contributed by atoms with E-state index >= 15 is 0 Å². The number of rotatable bonds is 7. The van der Waals surface area contributed by atoms with Crippen LogP contribution < -0.4 is 5.48 Å². The zero-order chi connectivity index (χ0) is 9.23. The first-order chi connectivity index (χ1) is 5.81. The van der Waals surface area contributed by atoms with Crippen molar-refractivity contribution in [1.82, 2.24) is 5.48 Å². The molecule has 0 spiro atoms. The molecule has 0 unspecified atom stereocenters. The predicted molar refractivity (Wildman–Crippen MR) is 46.2 cm³/mol. The summed E-state index contributed by atoms with van der Waals surface area (Å²) in [5, 5.41) is 8.19. The maximum absolute atomic E-state index is 10.8. The van der Waals surface area contributed by atoms with Crippen LogP contribution in [0.15, 0.2) is 0 Å². The van der Waals surface area contributed by atoms with E-state index in [1.165, 1.54) is 0 Å². The molecule has 0 aliphatic heterocycles. The maximum atomic E-state index is 10.8. The number of ether oxygens (including phenoxy) is 1. The van der Waals surface area contributed by atoms with Crippen LogP contribution in [0.2, 0.25) is 6.32 Å². The first kappa shape index (κ1) is 11.5. The van der Waals surface area contributed by atoms with Gasteiger partial charge in [0, 0.05) is 6.42 Å². The molecule has 0 aliphatic rings. The predicted octanol–water partition coefficient (Wildman–Crippen LogP) is 0.388. The number of hydrogen-bond donors (Lipinski definition) is 2. The van der Waals surface area contributed by atoms with Gasteiger partial charge in [0.05, 0.1) is 6.61 Å². The Balaban J connectivity index is 3.03. The molecule has 0 aliphatic carbocycles. The number of hydroxylamine groups is 1. The van der Waals surface area contributed by atoms with Crippen LogP contribution in [0.1, 0.15) is 19.8 Å². The van der Waals surface area contributed by atoms with E-state index < -0.39 is 0 Å². The second-order valence-electron chi connectivity index (χ2n) is 2.35. The van der Waals surface area contributed by atoms with Crippen molar-refractivity contribution in [2.75, 3.05) is 13.1 Å². The maximum Gasteiger partial charge on any atom is 0.305 e. The van der Waals surface area contributed by atoms with E-state index in [4.69, 9.17) is 9.94 Å². The van der Waals surface area contributed by atoms with Gasteiger partial charge in [-0.15, -0.1) is 0 Å². The molecular weight excluding hydrogens is 157 g/mol. The summed E-state index contributed by atoms with van der Waals surface area (Å²) >= 11 is 0. The fourth-order valence-electron chi connectivity index (χ4n) is 0.791. The largest absolute Gasteiger partial charge is 0.466 e. The highest BCUT2D eigenvalue weighted by Crippen LogP contribution is 1.96. The van der Waals surface area contributed by atoms with E-state index in [2.05, 4.69) is 0 Å². The lowest BCUT2D eigenvalue weighted by Gasteiger charge is -2.00. The molecule has 0 bridgehead atoms. The van der Waals surface area contributed by atoms with Crippen molar-refractivity contribution in [3.63, 3.8) is 0 Å². The van der Waals surface area contributed by atoms with Gasteiger partial charge in [0.2, 0.25) is 0 Å². The van der Waals surface area contributed by atoms with E-state index in [0.717, 1.165) is 12.7 Å². The highest BCUT2D eigenvalue weighted by molar-refractivity contribution is 6.35. The van der Waals surface area contributed by atoms with Gasteiger partial charge >= 0.3 is 5.97 Å². The second kappa shape index (κ2) is 8.55. The summed E-state index contributed by atoms with van der Waals surface area (Å²) in [4.78, 5) is 10.8. The van der Waals surface area contributed by atoms with Crippen molar-refractivity contribution < 1.29 is 14.7 Å². The standard InChI is InChI=1S/C7H15BNO3/c1-2-12-7(10)4-3-5-8-6-9-11/h9,11H,2-6H2,1H3. The average Bonchev–Trinajstić information content (AvgIpc) is 2.05. The Morgan fingerprint density at radius 1 is 1.67 bits per heavy atom. The Morgan fingerprint density at radius 2 is 2.42 bits per heavy atom. The van der Waals surface area contributed by atoms with Crippen molar-refractivity contribution in [1.29, 1.82) is 0 Å². The van der Waals surface area contributed by atoms with E-state index in [-0.39, 0.29) is 5.97 Å². The fraction of sp³-hybridized carbons (Fsp3) is 0.857. The summed E-state index contributed by atoms with van der Waals surface area (Å²) in [5.41, 5.74) is 2.01. The topological polar surface area (TPSA) is 58.6 Å². The molecule has 12 heavy (non-hydrogen) atoms. The minimum absolute atomic E-state index is 0.150. The molecular formula is C7H15BNO3. The average molecular weight is 172 g/mol. The van der Waals surface area contributed by atoms with Crippen molar-refractivity contribution in [2.45, 2.75) is 26.1 Å². The number of carbonyl (C=O) groups excluding carboxylic acids is 1. The van der Waals surface area contributed by atoms with Gasteiger partial charge in [-0.3, -0.25) is 4.79 Å². The minimum atomic E-state index is -0.150. The Kier molecular flexibility index (Phi) is 8.16. The Bertz CT molecular complexity index is 121. The Hall–Kier alpha value is -0.545. The summed E-state index contributed by atoms with van der Waals surface area (Å²) in [7, 11) is 1.87.